The molecule has 3 rings (SSSR count). The van der Waals surface area contributed by atoms with Crippen LogP contribution in [0, 0.1) is 0 Å². The summed E-state index contributed by atoms with van der Waals surface area (Å²) in [4.78, 5) is 20.5. The van der Waals surface area contributed by atoms with E-state index in [1.54, 1.807) is 17.0 Å². The summed E-state index contributed by atoms with van der Waals surface area (Å²) in [6.07, 6.45) is 7.12. The first-order valence-corrected chi connectivity index (χ1v) is 5.67. The van der Waals surface area contributed by atoms with Gasteiger partial charge in [0.25, 0.3) is 5.95 Å². The van der Waals surface area contributed by atoms with E-state index in [-0.39, 0.29) is 5.95 Å². The largest absolute Gasteiger partial charge is 0.368 e. The van der Waals surface area contributed by atoms with Gasteiger partial charge in [0.1, 0.15) is 18.5 Å². The van der Waals surface area contributed by atoms with Crippen LogP contribution in [0.15, 0.2) is 25.0 Å². The molecule has 0 bridgehead atoms. The van der Waals surface area contributed by atoms with Crippen LogP contribution in [0.1, 0.15) is 12.7 Å². The third kappa shape index (κ3) is 2.01. The fourth-order valence-corrected chi connectivity index (χ4v) is 1.67. The van der Waals surface area contributed by atoms with Crippen molar-refractivity contribution in [1.82, 2.24) is 39.3 Å². The smallest absolute Gasteiger partial charge is 0.258 e. The predicted octanol–water partition coefficient (Wildman–Crippen LogP) is -0.217. The number of nitrogens with zero attached hydrogens (tertiary/aromatic N) is 8. The highest BCUT2D eigenvalue weighted by molar-refractivity contribution is 5.29. The number of nitrogens with two attached hydrogens (primary N) is 1. The highest BCUT2D eigenvalue weighted by Gasteiger charge is 2.11. The van der Waals surface area contributed by atoms with Crippen LogP contribution >= 0.6 is 0 Å². The quantitative estimate of drug-likeness (QED) is 0.690. The molecule has 3 aromatic heterocycles. The summed E-state index contributed by atoms with van der Waals surface area (Å²) in [5, 5.41) is 3.96. The maximum absolute atomic E-state index is 5.71. The van der Waals surface area contributed by atoms with Crippen LogP contribution in [-0.4, -0.2) is 39.3 Å². The minimum atomic E-state index is 0.117. The Morgan fingerprint density at radius 1 is 1.21 bits per heavy atom. The van der Waals surface area contributed by atoms with Crippen molar-refractivity contribution < 1.29 is 0 Å². The molecular weight excluding hydrogens is 246 g/mol. The summed E-state index contributed by atoms with van der Waals surface area (Å²) >= 11 is 0. The molecule has 0 unspecified atom stereocenters. The first-order valence-electron chi connectivity index (χ1n) is 5.67. The van der Waals surface area contributed by atoms with Crippen LogP contribution in [0.3, 0.4) is 0 Å². The number of hydrogen-bond donors (Lipinski definition) is 1. The normalized spacial score (nSPS) is 10.8. The number of nitrogen functional groups attached to an aromatic ring is 1. The molecule has 0 radical (unpaired) electrons. The van der Waals surface area contributed by atoms with Crippen molar-refractivity contribution in [1.29, 1.82) is 0 Å². The fraction of sp³-hybridized carbons (Fsp3) is 0.200. The zero-order valence-electron chi connectivity index (χ0n) is 10.2. The van der Waals surface area contributed by atoms with Gasteiger partial charge in [-0.15, -0.1) is 0 Å². The summed E-state index contributed by atoms with van der Waals surface area (Å²) in [5.74, 6) is 1.68. The third-order valence-electron chi connectivity index (χ3n) is 2.50. The van der Waals surface area contributed by atoms with Crippen molar-refractivity contribution in [3.05, 3.63) is 30.9 Å². The minimum Gasteiger partial charge on any atom is -0.368 e. The second-order valence-corrected chi connectivity index (χ2v) is 3.70. The molecule has 96 valence electrons. The highest BCUT2D eigenvalue weighted by Crippen LogP contribution is 2.09. The average Bonchev–Trinajstić information content (AvgIpc) is 3.09. The van der Waals surface area contributed by atoms with Crippen LogP contribution in [-0.2, 0) is 6.42 Å². The van der Waals surface area contributed by atoms with Crippen molar-refractivity contribution in [2.24, 2.45) is 0 Å². The number of anilines is 1. The SMILES string of the molecule is CCc1nccn1-c1nc(N)nc(-n2cncn2)n1. The number of rotatable bonds is 3. The molecule has 3 heterocycles. The van der Waals surface area contributed by atoms with E-state index in [0.717, 1.165) is 12.2 Å². The Morgan fingerprint density at radius 2 is 2.05 bits per heavy atom. The van der Waals surface area contributed by atoms with E-state index in [0.29, 0.717) is 11.9 Å². The number of aryl methyl sites for hydroxylation is 1. The van der Waals surface area contributed by atoms with Gasteiger partial charge in [-0.2, -0.15) is 24.7 Å². The number of aromatic nitrogens is 8. The lowest BCUT2D eigenvalue weighted by molar-refractivity contribution is 0.763. The molecule has 0 aliphatic heterocycles. The van der Waals surface area contributed by atoms with Gasteiger partial charge in [-0.05, 0) is 0 Å². The Balaban J connectivity index is 2.13. The molecule has 9 nitrogen and oxygen atoms in total. The van der Waals surface area contributed by atoms with Gasteiger partial charge in [0.2, 0.25) is 11.9 Å². The van der Waals surface area contributed by atoms with E-state index in [9.17, 15) is 0 Å². The molecule has 19 heavy (non-hydrogen) atoms. The molecule has 0 saturated heterocycles. The lowest BCUT2D eigenvalue weighted by Crippen LogP contribution is -2.12. The Labute approximate surface area is 108 Å². The summed E-state index contributed by atoms with van der Waals surface area (Å²) < 4.78 is 3.18. The highest BCUT2D eigenvalue weighted by atomic mass is 15.4. The van der Waals surface area contributed by atoms with Crippen molar-refractivity contribution >= 4 is 5.95 Å². The van der Waals surface area contributed by atoms with Gasteiger partial charge < -0.3 is 5.73 Å². The molecule has 0 amide bonds. The maximum atomic E-state index is 5.71. The van der Waals surface area contributed by atoms with E-state index in [2.05, 4.69) is 30.0 Å². The van der Waals surface area contributed by atoms with Gasteiger partial charge in [-0.3, -0.25) is 4.57 Å². The third-order valence-corrected chi connectivity index (χ3v) is 2.50. The maximum Gasteiger partial charge on any atom is 0.258 e. The van der Waals surface area contributed by atoms with Crippen LogP contribution < -0.4 is 5.73 Å². The van der Waals surface area contributed by atoms with E-state index in [4.69, 9.17) is 5.73 Å². The monoisotopic (exact) mass is 257 g/mol. The van der Waals surface area contributed by atoms with Gasteiger partial charge in [-0.1, -0.05) is 6.92 Å². The van der Waals surface area contributed by atoms with Crippen molar-refractivity contribution in [3.8, 4) is 11.9 Å². The van der Waals surface area contributed by atoms with E-state index in [1.165, 1.54) is 17.3 Å². The summed E-state index contributed by atoms with van der Waals surface area (Å²) in [7, 11) is 0. The predicted molar refractivity (Wildman–Crippen MR) is 65.7 cm³/mol. The number of hydrogen-bond acceptors (Lipinski definition) is 7. The molecule has 0 spiro atoms. The lowest BCUT2D eigenvalue weighted by Gasteiger charge is -2.06. The molecule has 0 atom stereocenters. The van der Waals surface area contributed by atoms with Crippen molar-refractivity contribution in [3.63, 3.8) is 0 Å². The van der Waals surface area contributed by atoms with Gasteiger partial charge in [0.05, 0.1) is 0 Å². The molecule has 2 N–H and O–H groups in total. The standard InChI is InChI=1S/C10H11N9/c1-2-7-13-3-4-18(7)9-15-8(11)16-10(17-9)19-6-12-5-14-19/h3-6H,2H2,1H3,(H2,11,15,16,17). The Hall–Kier alpha value is -2.84. The average molecular weight is 257 g/mol. The zero-order valence-corrected chi connectivity index (χ0v) is 10.2. The van der Waals surface area contributed by atoms with Crippen LogP contribution in [0.4, 0.5) is 5.95 Å². The number of imidazole rings is 1. The van der Waals surface area contributed by atoms with Gasteiger partial charge in [0, 0.05) is 18.8 Å². The zero-order chi connectivity index (χ0) is 13.2. The molecule has 0 fully saturated rings. The topological polar surface area (TPSA) is 113 Å². The van der Waals surface area contributed by atoms with Crippen molar-refractivity contribution in [2.45, 2.75) is 13.3 Å². The first kappa shape index (κ1) is 11.3. The van der Waals surface area contributed by atoms with E-state index in [1.807, 2.05) is 6.92 Å². The first-order chi connectivity index (χ1) is 9.28. The molecule has 0 saturated carbocycles. The van der Waals surface area contributed by atoms with Gasteiger partial charge >= 0.3 is 0 Å². The van der Waals surface area contributed by atoms with Crippen LogP contribution in [0.2, 0.25) is 0 Å². The minimum absolute atomic E-state index is 0.117. The van der Waals surface area contributed by atoms with Crippen LogP contribution in [0.25, 0.3) is 11.9 Å². The van der Waals surface area contributed by atoms with Crippen molar-refractivity contribution in [2.75, 3.05) is 5.73 Å². The summed E-state index contributed by atoms with van der Waals surface area (Å²) in [6, 6.07) is 0. The molecule has 9 heteroatoms. The Kier molecular flexibility index (Phi) is 2.63. The lowest BCUT2D eigenvalue weighted by atomic mass is 10.4. The van der Waals surface area contributed by atoms with Gasteiger partial charge in [0.15, 0.2) is 0 Å². The molecule has 0 aliphatic carbocycles. The summed E-state index contributed by atoms with van der Waals surface area (Å²) in [5.41, 5.74) is 5.71. The molecule has 0 aromatic carbocycles. The Bertz CT molecular complexity index is 685. The molecule has 3 aromatic rings. The van der Waals surface area contributed by atoms with Crippen LogP contribution in [0.5, 0.6) is 0 Å². The second kappa shape index (κ2) is 4.44. The molecular formula is C10H11N9. The fourth-order valence-electron chi connectivity index (χ4n) is 1.67. The van der Waals surface area contributed by atoms with E-state index >= 15 is 0 Å². The molecule has 0 aliphatic rings. The Morgan fingerprint density at radius 3 is 2.79 bits per heavy atom. The van der Waals surface area contributed by atoms with Gasteiger partial charge in [-0.25, -0.2) is 9.97 Å². The second-order valence-electron chi connectivity index (χ2n) is 3.70. The van der Waals surface area contributed by atoms with E-state index < -0.39 is 0 Å². The summed E-state index contributed by atoms with van der Waals surface area (Å²) in [6.45, 7) is 2.00.